The molecule has 0 aliphatic rings. The maximum atomic E-state index is 6.20. The molecule has 0 radical (unpaired) electrons. The molecule has 25 heavy (non-hydrogen) atoms. The topological polar surface area (TPSA) is 85.1 Å². The Morgan fingerprint density at radius 1 is 1.24 bits per heavy atom. The van der Waals surface area contributed by atoms with Gasteiger partial charge in [0.2, 0.25) is 0 Å². The highest BCUT2D eigenvalue weighted by molar-refractivity contribution is 7.09. The SMILES string of the molecule is COc1ccc(Cl)cc1Nc1ncnc(NCCc2cccs2)c1N. The summed E-state index contributed by atoms with van der Waals surface area (Å²) in [6.45, 7) is 0.738. The molecule has 0 aliphatic heterocycles. The molecule has 0 atom stereocenters. The van der Waals surface area contributed by atoms with Crippen LogP contribution in [0.2, 0.25) is 5.02 Å². The Hall–Kier alpha value is -2.51. The smallest absolute Gasteiger partial charge is 0.159 e. The van der Waals surface area contributed by atoms with E-state index in [1.165, 1.54) is 11.2 Å². The summed E-state index contributed by atoms with van der Waals surface area (Å²) >= 11 is 7.79. The Morgan fingerprint density at radius 2 is 2.08 bits per heavy atom. The molecule has 0 fully saturated rings. The average Bonchev–Trinajstić information content (AvgIpc) is 3.12. The molecular formula is C17H18ClN5OS. The number of rotatable bonds is 7. The lowest BCUT2D eigenvalue weighted by Gasteiger charge is -2.14. The number of nitrogen functional groups attached to an aromatic ring is 1. The van der Waals surface area contributed by atoms with Crippen LogP contribution >= 0.6 is 22.9 Å². The fourth-order valence-electron chi connectivity index (χ4n) is 2.30. The molecule has 1 aromatic carbocycles. The van der Waals surface area contributed by atoms with E-state index in [0.29, 0.717) is 33.8 Å². The number of methoxy groups -OCH3 is 1. The predicted octanol–water partition coefficient (Wildman–Crippen LogP) is 4.18. The van der Waals surface area contributed by atoms with Crippen molar-refractivity contribution in [2.45, 2.75) is 6.42 Å². The largest absolute Gasteiger partial charge is 0.495 e. The van der Waals surface area contributed by atoms with Crippen molar-refractivity contribution >= 4 is 45.9 Å². The van der Waals surface area contributed by atoms with Gasteiger partial charge in [0, 0.05) is 16.4 Å². The van der Waals surface area contributed by atoms with Crippen molar-refractivity contribution in [1.82, 2.24) is 9.97 Å². The number of halogens is 1. The zero-order valence-electron chi connectivity index (χ0n) is 13.6. The minimum atomic E-state index is 0.440. The second-order valence-corrected chi connectivity index (χ2v) is 6.68. The summed E-state index contributed by atoms with van der Waals surface area (Å²) < 4.78 is 5.33. The van der Waals surface area contributed by atoms with Gasteiger partial charge in [0.25, 0.3) is 0 Å². The van der Waals surface area contributed by atoms with Crippen LogP contribution in [0, 0.1) is 0 Å². The number of ether oxygens (including phenoxy) is 1. The Bertz CT molecular complexity index is 841. The van der Waals surface area contributed by atoms with Gasteiger partial charge < -0.3 is 21.1 Å². The number of nitrogens with one attached hydrogen (secondary N) is 2. The quantitative estimate of drug-likeness (QED) is 0.574. The number of anilines is 4. The van der Waals surface area contributed by atoms with E-state index in [9.17, 15) is 0 Å². The van der Waals surface area contributed by atoms with Crippen LogP contribution in [0.1, 0.15) is 4.88 Å². The van der Waals surface area contributed by atoms with Crippen molar-refractivity contribution in [2.75, 3.05) is 30.0 Å². The highest BCUT2D eigenvalue weighted by Crippen LogP contribution is 2.33. The first kappa shape index (κ1) is 17.3. The molecule has 3 aromatic rings. The van der Waals surface area contributed by atoms with E-state index in [-0.39, 0.29) is 0 Å². The van der Waals surface area contributed by atoms with Crippen LogP contribution in [0.4, 0.5) is 23.0 Å². The van der Waals surface area contributed by atoms with E-state index in [0.717, 1.165) is 13.0 Å². The molecule has 0 saturated carbocycles. The standard InChI is InChI=1S/C17H18ClN5OS/c1-24-14-5-4-11(18)9-13(14)23-17-15(19)16(21-10-22-17)20-7-6-12-3-2-8-25-12/h2-5,8-10H,6-7,19H2,1H3,(H2,20,21,22,23). The van der Waals surface area contributed by atoms with Crippen molar-refractivity contribution < 1.29 is 4.74 Å². The molecule has 4 N–H and O–H groups in total. The van der Waals surface area contributed by atoms with E-state index in [1.54, 1.807) is 36.6 Å². The number of hydrogen-bond donors (Lipinski definition) is 3. The van der Waals surface area contributed by atoms with Crippen molar-refractivity contribution in [3.63, 3.8) is 0 Å². The monoisotopic (exact) mass is 375 g/mol. The summed E-state index contributed by atoms with van der Waals surface area (Å²) in [5, 5.41) is 9.06. The third-order valence-electron chi connectivity index (χ3n) is 3.54. The van der Waals surface area contributed by atoms with Crippen LogP contribution in [0.5, 0.6) is 5.75 Å². The number of hydrogen-bond acceptors (Lipinski definition) is 7. The lowest BCUT2D eigenvalue weighted by Crippen LogP contribution is -2.10. The first-order valence-corrected chi connectivity index (χ1v) is 8.90. The summed E-state index contributed by atoms with van der Waals surface area (Å²) in [7, 11) is 1.59. The fourth-order valence-corrected chi connectivity index (χ4v) is 3.18. The first-order valence-electron chi connectivity index (χ1n) is 7.64. The maximum absolute atomic E-state index is 6.20. The van der Waals surface area contributed by atoms with Crippen LogP contribution in [-0.4, -0.2) is 23.6 Å². The van der Waals surface area contributed by atoms with E-state index < -0.39 is 0 Å². The van der Waals surface area contributed by atoms with Crippen molar-refractivity contribution in [1.29, 1.82) is 0 Å². The summed E-state index contributed by atoms with van der Waals surface area (Å²) in [5.41, 5.74) is 7.32. The molecule has 0 saturated heterocycles. The minimum Gasteiger partial charge on any atom is -0.495 e. The molecule has 0 spiro atoms. The van der Waals surface area contributed by atoms with Gasteiger partial charge in [0.15, 0.2) is 11.6 Å². The highest BCUT2D eigenvalue weighted by atomic mass is 35.5. The van der Waals surface area contributed by atoms with Gasteiger partial charge in [-0.15, -0.1) is 11.3 Å². The highest BCUT2D eigenvalue weighted by Gasteiger charge is 2.11. The lowest BCUT2D eigenvalue weighted by atomic mass is 10.3. The molecular weight excluding hydrogens is 358 g/mol. The molecule has 0 unspecified atom stereocenters. The summed E-state index contributed by atoms with van der Waals surface area (Å²) in [6.07, 6.45) is 2.37. The molecule has 2 heterocycles. The molecule has 0 amide bonds. The molecule has 3 rings (SSSR count). The van der Waals surface area contributed by atoms with Crippen molar-refractivity contribution in [3.05, 3.63) is 51.9 Å². The van der Waals surface area contributed by atoms with Crippen molar-refractivity contribution in [3.8, 4) is 5.75 Å². The fraction of sp³-hybridized carbons (Fsp3) is 0.176. The third kappa shape index (κ3) is 4.32. The van der Waals surface area contributed by atoms with Crippen LogP contribution < -0.4 is 21.1 Å². The van der Waals surface area contributed by atoms with Gasteiger partial charge in [-0.2, -0.15) is 0 Å². The lowest BCUT2D eigenvalue weighted by molar-refractivity contribution is 0.417. The van der Waals surface area contributed by atoms with Crippen LogP contribution in [0.25, 0.3) is 0 Å². The Balaban J connectivity index is 1.73. The first-order chi connectivity index (χ1) is 12.2. The minimum absolute atomic E-state index is 0.440. The molecule has 2 aromatic heterocycles. The van der Waals surface area contributed by atoms with E-state index in [4.69, 9.17) is 22.1 Å². The Morgan fingerprint density at radius 3 is 2.84 bits per heavy atom. The van der Waals surface area contributed by atoms with Crippen LogP contribution in [-0.2, 0) is 6.42 Å². The van der Waals surface area contributed by atoms with Crippen LogP contribution in [0.15, 0.2) is 42.0 Å². The van der Waals surface area contributed by atoms with Gasteiger partial charge in [-0.3, -0.25) is 0 Å². The number of benzene rings is 1. The number of aromatic nitrogens is 2. The average molecular weight is 376 g/mol. The summed E-state index contributed by atoms with van der Waals surface area (Å²) in [5.74, 6) is 1.74. The number of thiophene rings is 1. The van der Waals surface area contributed by atoms with Gasteiger partial charge in [0.1, 0.15) is 17.8 Å². The van der Waals surface area contributed by atoms with Gasteiger partial charge in [-0.1, -0.05) is 17.7 Å². The Labute approximate surface area is 155 Å². The predicted molar refractivity (Wildman–Crippen MR) is 104 cm³/mol. The van der Waals surface area contributed by atoms with Crippen LogP contribution in [0.3, 0.4) is 0 Å². The zero-order chi connectivity index (χ0) is 17.6. The van der Waals surface area contributed by atoms with Gasteiger partial charge in [0.05, 0.1) is 12.8 Å². The zero-order valence-corrected chi connectivity index (χ0v) is 15.2. The molecule has 130 valence electrons. The summed E-state index contributed by atoms with van der Waals surface area (Å²) in [4.78, 5) is 9.74. The van der Waals surface area contributed by atoms with E-state index in [1.807, 2.05) is 6.07 Å². The third-order valence-corrected chi connectivity index (χ3v) is 4.71. The molecule has 0 aliphatic carbocycles. The summed E-state index contributed by atoms with van der Waals surface area (Å²) in [6, 6.07) is 9.44. The number of nitrogens with zero attached hydrogens (tertiary/aromatic N) is 2. The second kappa shape index (κ2) is 8.04. The van der Waals surface area contributed by atoms with Gasteiger partial charge in [-0.05, 0) is 36.1 Å². The molecule has 0 bridgehead atoms. The van der Waals surface area contributed by atoms with Gasteiger partial charge in [-0.25, -0.2) is 9.97 Å². The number of nitrogens with two attached hydrogens (primary N) is 1. The second-order valence-electron chi connectivity index (χ2n) is 5.21. The Kier molecular flexibility index (Phi) is 5.57. The van der Waals surface area contributed by atoms with E-state index in [2.05, 4.69) is 32.0 Å². The van der Waals surface area contributed by atoms with E-state index >= 15 is 0 Å². The normalized spacial score (nSPS) is 10.5. The molecule has 8 heteroatoms. The molecule has 6 nitrogen and oxygen atoms in total. The maximum Gasteiger partial charge on any atom is 0.159 e. The van der Waals surface area contributed by atoms with Crippen molar-refractivity contribution in [2.24, 2.45) is 0 Å². The van der Waals surface area contributed by atoms with Gasteiger partial charge >= 0.3 is 0 Å².